The van der Waals surface area contributed by atoms with E-state index in [-0.39, 0.29) is 0 Å². The van der Waals surface area contributed by atoms with E-state index in [4.69, 9.17) is 4.42 Å². The molecule has 0 fully saturated rings. The molecule has 66 heavy (non-hydrogen) atoms. The highest BCUT2D eigenvalue weighted by Crippen LogP contribution is 2.49. The summed E-state index contributed by atoms with van der Waals surface area (Å²) in [5.41, 5.74) is 11.6. The van der Waals surface area contributed by atoms with Crippen LogP contribution in [0.25, 0.3) is 149 Å². The van der Waals surface area contributed by atoms with Gasteiger partial charge in [-0.15, -0.1) is 34.0 Å². The van der Waals surface area contributed by atoms with E-state index in [0.29, 0.717) is 0 Å². The van der Waals surface area contributed by atoms with Crippen LogP contribution < -0.4 is 0 Å². The molecular weight excluding hydrogens is 861 g/mol. The molecule has 16 rings (SSSR count). The van der Waals surface area contributed by atoms with Crippen LogP contribution in [0.1, 0.15) is 0 Å². The number of fused-ring (bicyclic) bond motifs is 20. The van der Waals surface area contributed by atoms with Gasteiger partial charge >= 0.3 is 0 Å². The van der Waals surface area contributed by atoms with E-state index < -0.39 is 0 Å². The lowest BCUT2D eigenvalue weighted by atomic mass is 9.96. The molecule has 16 aromatic rings. The zero-order chi connectivity index (χ0) is 42.8. The van der Waals surface area contributed by atoms with Crippen molar-refractivity contribution in [3.63, 3.8) is 0 Å². The van der Waals surface area contributed by atoms with Crippen LogP contribution >= 0.6 is 34.0 Å². The van der Waals surface area contributed by atoms with E-state index in [1.54, 1.807) is 0 Å². The molecular formula is C60H32N2OS3. The molecule has 6 heterocycles. The van der Waals surface area contributed by atoms with Crippen LogP contribution in [0.15, 0.2) is 199 Å². The predicted molar refractivity (Wildman–Crippen MR) is 287 cm³/mol. The molecule has 6 aromatic heterocycles. The minimum Gasteiger partial charge on any atom is -0.456 e. The standard InChI is InChI=1S/C60H32N2OS3/c1-6-16-48-36(11-1)41-25-26-42-38-13-4-9-19-52(38)65-59(42)57(41)61(48)35-23-28-54-46(31-35)40-24-21-33(29-55(40)64-54)44-32-47-39-14-5-10-20-53(39)66-60(47)58-56(44)43-15-2-7-17-49(43)62(58)34-22-27-51-45(30-34)37-12-3-8-18-50(37)63-51/h1-32H. The van der Waals surface area contributed by atoms with Crippen LogP contribution in [0.3, 0.4) is 0 Å². The van der Waals surface area contributed by atoms with Gasteiger partial charge in [-0.2, -0.15) is 0 Å². The molecule has 10 aromatic carbocycles. The largest absolute Gasteiger partial charge is 0.456 e. The number of hydrogen-bond donors (Lipinski definition) is 0. The first kappa shape index (κ1) is 35.6. The Bertz CT molecular complexity index is 4780. The number of aromatic nitrogens is 2. The van der Waals surface area contributed by atoms with E-state index >= 15 is 0 Å². The van der Waals surface area contributed by atoms with Gasteiger partial charge in [0.2, 0.25) is 0 Å². The molecule has 0 aliphatic heterocycles. The summed E-state index contributed by atoms with van der Waals surface area (Å²) in [7, 11) is 0. The lowest BCUT2D eigenvalue weighted by Crippen LogP contribution is -1.94. The van der Waals surface area contributed by atoms with Gasteiger partial charge in [0.1, 0.15) is 11.2 Å². The molecule has 0 radical (unpaired) electrons. The second kappa shape index (κ2) is 13.0. The number of nitrogens with zero attached hydrogens (tertiary/aromatic N) is 2. The molecule has 0 saturated heterocycles. The van der Waals surface area contributed by atoms with Crippen LogP contribution in [0, 0.1) is 0 Å². The SMILES string of the molecule is c1ccc2c(c1)oc1ccc(-n3c4ccccc4c4c(-c5ccc6c(c5)sc5ccc(-n7c8ccccc8c8ccc9c%10ccccc%10sc9c87)cc56)cc5c6ccccc6sc5c43)cc12. The third kappa shape index (κ3) is 4.70. The van der Waals surface area contributed by atoms with Crippen molar-refractivity contribution in [2.24, 2.45) is 0 Å². The van der Waals surface area contributed by atoms with Gasteiger partial charge in [-0.1, -0.05) is 115 Å². The Morgan fingerprint density at radius 1 is 0.318 bits per heavy atom. The van der Waals surface area contributed by atoms with E-state index in [1.165, 1.54) is 121 Å². The molecule has 6 heteroatoms. The summed E-state index contributed by atoms with van der Waals surface area (Å²) in [6.07, 6.45) is 0. The Morgan fingerprint density at radius 3 is 1.70 bits per heavy atom. The second-order valence-electron chi connectivity index (χ2n) is 17.5. The summed E-state index contributed by atoms with van der Waals surface area (Å²) in [5, 5.41) is 15.2. The quantitative estimate of drug-likeness (QED) is 0.173. The maximum atomic E-state index is 6.32. The molecule has 0 unspecified atom stereocenters. The average molecular weight is 893 g/mol. The minimum absolute atomic E-state index is 0.903. The van der Waals surface area contributed by atoms with Crippen molar-refractivity contribution in [2.75, 3.05) is 0 Å². The maximum absolute atomic E-state index is 6.32. The number of furan rings is 1. The third-order valence-corrected chi connectivity index (χ3v) is 17.6. The van der Waals surface area contributed by atoms with Crippen LogP contribution in [-0.2, 0) is 0 Å². The van der Waals surface area contributed by atoms with Gasteiger partial charge in [0.25, 0.3) is 0 Å². The molecule has 0 amide bonds. The van der Waals surface area contributed by atoms with E-state index in [0.717, 1.165) is 27.6 Å². The summed E-state index contributed by atoms with van der Waals surface area (Å²) in [5.74, 6) is 0. The first-order chi connectivity index (χ1) is 32.7. The molecule has 0 saturated carbocycles. The van der Waals surface area contributed by atoms with Crippen molar-refractivity contribution in [3.8, 4) is 22.5 Å². The molecule has 0 aliphatic carbocycles. The monoisotopic (exact) mass is 892 g/mol. The Morgan fingerprint density at radius 2 is 0.879 bits per heavy atom. The van der Waals surface area contributed by atoms with Crippen molar-refractivity contribution >= 4 is 160 Å². The summed E-state index contributed by atoms with van der Waals surface area (Å²) in [4.78, 5) is 0. The fourth-order valence-corrected chi connectivity index (χ4v) is 14.8. The first-order valence-corrected chi connectivity index (χ1v) is 24.8. The summed E-state index contributed by atoms with van der Waals surface area (Å²) in [6.45, 7) is 0. The Balaban J connectivity index is 0.940. The first-order valence-electron chi connectivity index (χ1n) is 22.3. The highest BCUT2D eigenvalue weighted by molar-refractivity contribution is 7.27. The Kier molecular flexibility index (Phi) is 6.99. The molecule has 0 aliphatic rings. The molecule has 3 nitrogen and oxygen atoms in total. The molecule has 0 spiro atoms. The van der Waals surface area contributed by atoms with Crippen molar-refractivity contribution in [1.29, 1.82) is 0 Å². The highest BCUT2D eigenvalue weighted by atomic mass is 32.1. The summed E-state index contributed by atoms with van der Waals surface area (Å²) < 4.78 is 19.2. The number of rotatable bonds is 3. The van der Waals surface area contributed by atoms with Gasteiger partial charge in [-0.05, 0) is 90.0 Å². The summed E-state index contributed by atoms with van der Waals surface area (Å²) in [6, 6.07) is 72.0. The lowest BCUT2D eigenvalue weighted by molar-refractivity contribution is 0.669. The average Bonchev–Trinajstić information content (AvgIpc) is 4.22. The predicted octanol–water partition coefficient (Wildman–Crippen LogP) is 18.6. The molecule has 306 valence electrons. The normalized spacial score (nSPS) is 12.5. The van der Waals surface area contributed by atoms with Crippen molar-refractivity contribution in [3.05, 3.63) is 194 Å². The van der Waals surface area contributed by atoms with E-state index in [1.807, 2.05) is 40.1 Å². The fourth-order valence-electron chi connectivity index (χ4n) is 11.2. The highest BCUT2D eigenvalue weighted by Gasteiger charge is 2.24. The Hall–Kier alpha value is -7.74. The second-order valence-corrected chi connectivity index (χ2v) is 20.7. The third-order valence-electron chi connectivity index (χ3n) is 14.1. The fraction of sp³-hybridized carbons (Fsp3) is 0. The van der Waals surface area contributed by atoms with Crippen molar-refractivity contribution in [1.82, 2.24) is 9.13 Å². The molecule has 0 N–H and O–H groups in total. The molecule has 0 atom stereocenters. The smallest absolute Gasteiger partial charge is 0.135 e. The van der Waals surface area contributed by atoms with Gasteiger partial charge in [-0.25, -0.2) is 0 Å². The lowest BCUT2D eigenvalue weighted by Gasteiger charge is -2.11. The van der Waals surface area contributed by atoms with Crippen molar-refractivity contribution in [2.45, 2.75) is 0 Å². The van der Waals surface area contributed by atoms with Crippen LogP contribution in [-0.4, -0.2) is 9.13 Å². The van der Waals surface area contributed by atoms with Gasteiger partial charge in [0.05, 0.1) is 31.5 Å². The van der Waals surface area contributed by atoms with Gasteiger partial charge < -0.3 is 13.6 Å². The number of para-hydroxylation sites is 3. The van der Waals surface area contributed by atoms with Crippen LogP contribution in [0.2, 0.25) is 0 Å². The topological polar surface area (TPSA) is 23.0 Å². The number of benzene rings is 10. The minimum atomic E-state index is 0.903. The zero-order valence-corrected chi connectivity index (χ0v) is 37.5. The van der Waals surface area contributed by atoms with Gasteiger partial charge in [0, 0.05) is 94.8 Å². The number of hydrogen-bond acceptors (Lipinski definition) is 4. The molecule has 0 bridgehead atoms. The zero-order valence-electron chi connectivity index (χ0n) is 35.0. The van der Waals surface area contributed by atoms with Crippen LogP contribution in [0.4, 0.5) is 0 Å². The van der Waals surface area contributed by atoms with Gasteiger partial charge in [0.15, 0.2) is 0 Å². The van der Waals surface area contributed by atoms with Gasteiger partial charge in [-0.3, -0.25) is 0 Å². The number of thiophene rings is 3. The van der Waals surface area contributed by atoms with E-state index in [2.05, 4.69) is 197 Å². The van der Waals surface area contributed by atoms with E-state index in [9.17, 15) is 0 Å². The Labute approximate surface area is 387 Å². The maximum Gasteiger partial charge on any atom is 0.135 e. The van der Waals surface area contributed by atoms with Crippen molar-refractivity contribution < 1.29 is 4.42 Å². The van der Waals surface area contributed by atoms with Crippen LogP contribution in [0.5, 0.6) is 0 Å². The summed E-state index contributed by atoms with van der Waals surface area (Å²) >= 11 is 5.69.